The zero-order valence-electron chi connectivity index (χ0n) is 26.0. The number of rotatable bonds is 2. The van der Waals surface area contributed by atoms with Gasteiger partial charge in [0.2, 0.25) is 0 Å². The molecule has 0 saturated carbocycles. The molecule has 230 valence electrons. The van der Waals surface area contributed by atoms with Crippen molar-refractivity contribution < 1.29 is 18.9 Å². The average molecular weight is 632 g/mol. The van der Waals surface area contributed by atoms with Gasteiger partial charge in [0.15, 0.2) is 46.0 Å². The van der Waals surface area contributed by atoms with Crippen LogP contribution in [0.5, 0.6) is 46.0 Å². The average Bonchev–Trinajstić information content (AvgIpc) is 3.51. The second kappa shape index (κ2) is 9.89. The molecule has 8 aromatic carbocycles. The van der Waals surface area contributed by atoms with E-state index in [1.165, 1.54) is 0 Å². The first-order chi connectivity index (χ1) is 24.2. The Labute approximate surface area is 280 Å². The number of aromatic nitrogens is 1. The third-order valence-corrected chi connectivity index (χ3v) is 9.66. The van der Waals surface area contributed by atoms with Gasteiger partial charge in [0.1, 0.15) is 0 Å². The fourth-order valence-electron chi connectivity index (χ4n) is 7.15. The van der Waals surface area contributed by atoms with Gasteiger partial charge in [-0.15, -0.1) is 0 Å². The number of aromatic amines is 1. The Bertz CT molecular complexity index is 2660. The van der Waals surface area contributed by atoms with Gasteiger partial charge >= 0.3 is 0 Å². The van der Waals surface area contributed by atoms with E-state index in [4.69, 9.17) is 18.9 Å². The van der Waals surface area contributed by atoms with Crippen molar-refractivity contribution in [3.8, 4) is 68.2 Å². The van der Waals surface area contributed by atoms with E-state index < -0.39 is 0 Å². The SMILES string of the molecule is c1ccc2cc3c(cc2c1)Oc1ccc(-c2ccc4[nH]c5ccc(-c6ccc7c(c6)Oc6cc8ccccc8cc6O7)cc5c4c2)cc1O3. The summed E-state index contributed by atoms with van der Waals surface area (Å²) in [6.45, 7) is 0. The van der Waals surface area contributed by atoms with Crippen molar-refractivity contribution in [1.82, 2.24) is 4.98 Å². The van der Waals surface area contributed by atoms with E-state index in [0.717, 1.165) is 88.6 Å². The summed E-state index contributed by atoms with van der Waals surface area (Å²) in [5.74, 6) is 5.73. The van der Waals surface area contributed by atoms with Gasteiger partial charge in [-0.25, -0.2) is 0 Å². The Morgan fingerprint density at radius 2 is 0.612 bits per heavy atom. The third kappa shape index (κ3) is 4.19. The topological polar surface area (TPSA) is 52.7 Å². The standard InChI is InChI=1S/C44H25NO4/c1-3-7-27-21-43-41(19-25(27)5-1)46-37-15-11-31(23-39(37)48-43)29-9-13-35-33(17-29)34-18-30(10-14-36(34)45-35)32-12-16-38-40(24-32)49-44-22-28-8-4-2-6-26(28)20-42(44)47-38/h1-24,45H. The van der Waals surface area contributed by atoms with Crippen molar-refractivity contribution in [3.63, 3.8) is 0 Å². The minimum absolute atomic E-state index is 0.705. The second-order valence-corrected chi connectivity index (χ2v) is 12.7. The number of ether oxygens (including phenoxy) is 4. The number of benzene rings is 8. The zero-order chi connectivity index (χ0) is 32.1. The summed E-state index contributed by atoms with van der Waals surface area (Å²) in [6.07, 6.45) is 0. The molecule has 0 spiro atoms. The number of nitrogens with one attached hydrogen (secondary N) is 1. The van der Waals surface area contributed by atoms with Gasteiger partial charge in [0, 0.05) is 21.8 Å². The van der Waals surface area contributed by atoms with Crippen LogP contribution < -0.4 is 18.9 Å². The lowest BCUT2D eigenvalue weighted by Crippen LogP contribution is -1.99. The number of H-pyrrole nitrogens is 1. The fraction of sp³-hybridized carbons (Fsp3) is 0. The van der Waals surface area contributed by atoms with Crippen LogP contribution in [0.1, 0.15) is 0 Å². The van der Waals surface area contributed by atoms with Crippen LogP contribution in [0.25, 0.3) is 65.6 Å². The summed E-state index contributed by atoms with van der Waals surface area (Å²) in [5, 5.41) is 6.77. The van der Waals surface area contributed by atoms with E-state index in [1.54, 1.807) is 0 Å². The molecular formula is C44H25NO4. The van der Waals surface area contributed by atoms with Crippen LogP contribution >= 0.6 is 0 Å². The predicted molar refractivity (Wildman–Crippen MR) is 195 cm³/mol. The lowest BCUT2D eigenvalue weighted by atomic mass is 9.99. The monoisotopic (exact) mass is 631 g/mol. The van der Waals surface area contributed by atoms with Gasteiger partial charge in [-0.1, -0.05) is 72.8 Å². The number of hydrogen-bond acceptors (Lipinski definition) is 4. The highest BCUT2D eigenvalue weighted by molar-refractivity contribution is 6.09. The quantitative estimate of drug-likeness (QED) is 0.206. The summed E-state index contributed by atoms with van der Waals surface area (Å²) in [5.41, 5.74) is 6.47. The molecule has 0 bridgehead atoms. The summed E-state index contributed by atoms with van der Waals surface area (Å²) in [6, 6.07) is 50.0. The first kappa shape index (κ1) is 26.4. The van der Waals surface area contributed by atoms with Gasteiger partial charge in [0.05, 0.1) is 0 Å². The van der Waals surface area contributed by atoms with Crippen molar-refractivity contribution in [2.45, 2.75) is 0 Å². The lowest BCUT2D eigenvalue weighted by molar-refractivity contribution is 0.360. The molecule has 0 unspecified atom stereocenters. The smallest absolute Gasteiger partial charge is 0.170 e. The van der Waals surface area contributed by atoms with Crippen LogP contribution in [-0.4, -0.2) is 4.98 Å². The molecule has 1 aromatic heterocycles. The third-order valence-electron chi connectivity index (χ3n) is 9.66. The molecule has 9 aromatic rings. The molecule has 0 amide bonds. The molecular weight excluding hydrogens is 606 g/mol. The fourth-order valence-corrected chi connectivity index (χ4v) is 7.15. The van der Waals surface area contributed by atoms with Crippen LogP contribution in [0, 0.1) is 0 Å². The molecule has 11 rings (SSSR count). The molecule has 2 aliphatic heterocycles. The molecule has 1 N–H and O–H groups in total. The van der Waals surface area contributed by atoms with Gasteiger partial charge in [-0.2, -0.15) is 0 Å². The van der Waals surface area contributed by atoms with Crippen LogP contribution in [0.4, 0.5) is 0 Å². The first-order valence-electron chi connectivity index (χ1n) is 16.3. The van der Waals surface area contributed by atoms with Crippen molar-refractivity contribution in [2.75, 3.05) is 0 Å². The number of hydrogen-bond donors (Lipinski definition) is 1. The molecule has 0 radical (unpaired) electrons. The molecule has 49 heavy (non-hydrogen) atoms. The summed E-state index contributed by atoms with van der Waals surface area (Å²) >= 11 is 0. The molecule has 0 fully saturated rings. The van der Waals surface area contributed by atoms with Crippen molar-refractivity contribution in [1.29, 1.82) is 0 Å². The summed E-state index contributed by atoms with van der Waals surface area (Å²) in [7, 11) is 0. The zero-order valence-corrected chi connectivity index (χ0v) is 26.0. The van der Waals surface area contributed by atoms with Crippen LogP contribution in [-0.2, 0) is 0 Å². The Kier molecular flexibility index (Phi) is 5.32. The molecule has 2 aliphatic rings. The van der Waals surface area contributed by atoms with Crippen LogP contribution in [0.3, 0.4) is 0 Å². The maximum atomic E-state index is 6.38. The first-order valence-corrected chi connectivity index (χ1v) is 16.3. The number of fused-ring (bicyclic) bond motifs is 9. The van der Waals surface area contributed by atoms with Gasteiger partial charge in [-0.05, 0) is 117 Å². The van der Waals surface area contributed by atoms with E-state index in [9.17, 15) is 0 Å². The van der Waals surface area contributed by atoms with Gasteiger partial charge in [0.25, 0.3) is 0 Å². The highest BCUT2D eigenvalue weighted by Gasteiger charge is 2.22. The van der Waals surface area contributed by atoms with Gasteiger partial charge in [-0.3, -0.25) is 0 Å². The Morgan fingerprint density at radius 1 is 0.286 bits per heavy atom. The molecule has 0 atom stereocenters. The Hall–Kier alpha value is -6.72. The van der Waals surface area contributed by atoms with Crippen molar-refractivity contribution in [2.24, 2.45) is 0 Å². The Balaban J connectivity index is 0.937. The summed E-state index contributed by atoms with van der Waals surface area (Å²) < 4.78 is 25.3. The van der Waals surface area contributed by atoms with Crippen molar-refractivity contribution in [3.05, 3.63) is 146 Å². The van der Waals surface area contributed by atoms with Crippen LogP contribution in [0.2, 0.25) is 0 Å². The van der Waals surface area contributed by atoms with E-state index >= 15 is 0 Å². The maximum absolute atomic E-state index is 6.38. The highest BCUT2D eigenvalue weighted by atomic mass is 16.6. The van der Waals surface area contributed by atoms with Crippen LogP contribution in [0.15, 0.2) is 146 Å². The van der Waals surface area contributed by atoms with E-state index in [1.807, 2.05) is 60.7 Å². The molecule has 5 heteroatoms. The predicted octanol–water partition coefficient (Wildman–Crippen LogP) is 12.8. The minimum Gasteiger partial charge on any atom is -0.449 e. The van der Waals surface area contributed by atoms with E-state index in [-0.39, 0.29) is 0 Å². The van der Waals surface area contributed by atoms with Gasteiger partial charge < -0.3 is 23.9 Å². The normalized spacial score (nSPS) is 12.7. The lowest BCUT2D eigenvalue weighted by Gasteiger charge is -2.22. The molecule has 5 nitrogen and oxygen atoms in total. The second-order valence-electron chi connectivity index (χ2n) is 12.7. The minimum atomic E-state index is 0.705. The maximum Gasteiger partial charge on any atom is 0.170 e. The molecule has 0 aliphatic carbocycles. The molecule has 3 heterocycles. The van der Waals surface area contributed by atoms with Crippen molar-refractivity contribution >= 4 is 43.4 Å². The Morgan fingerprint density at radius 3 is 1.02 bits per heavy atom. The summed E-state index contributed by atoms with van der Waals surface area (Å²) in [4.78, 5) is 3.60. The largest absolute Gasteiger partial charge is 0.449 e. The van der Waals surface area contributed by atoms with E-state index in [0.29, 0.717) is 23.0 Å². The molecule has 0 saturated heterocycles. The highest BCUT2D eigenvalue weighted by Crippen LogP contribution is 2.50. The van der Waals surface area contributed by atoms with E-state index in [2.05, 4.69) is 89.9 Å².